The van der Waals surface area contributed by atoms with Gasteiger partial charge in [0.15, 0.2) is 11.5 Å². The van der Waals surface area contributed by atoms with E-state index in [1.54, 1.807) is 6.07 Å². The number of nitrogens with one attached hydrogen (secondary N) is 1. The lowest BCUT2D eigenvalue weighted by Gasteiger charge is -2.31. The van der Waals surface area contributed by atoms with Gasteiger partial charge in [0.2, 0.25) is 6.79 Å². The number of amides is 2. The normalized spacial score (nSPS) is 15.5. The third-order valence-electron chi connectivity index (χ3n) is 7.09. The predicted molar refractivity (Wildman–Crippen MR) is 143 cm³/mol. The summed E-state index contributed by atoms with van der Waals surface area (Å²) in [6, 6.07) is 29.2. The zero-order chi connectivity index (χ0) is 25.6. The second-order valence-electron chi connectivity index (χ2n) is 9.38. The highest BCUT2D eigenvalue weighted by molar-refractivity contribution is 5.90. The number of carbonyl (C=O) groups excluding carboxylic acids is 1. The minimum Gasteiger partial charge on any atom is -0.454 e. The Labute approximate surface area is 219 Å². The molecule has 1 atom stereocenters. The van der Waals surface area contributed by atoms with Crippen molar-refractivity contribution >= 4 is 11.7 Å². The molecule has 8 heteroatoms. The molecule has 4 heterocycles. The second-order valence-corrected chi connectivity index (χ2v) is 9.38. The van der Waals surface area contributed by atoms with E-state index in [4.69, 9.17) is 14.6 Å². The van der Waals surface area contributed by atoms with Gasteiger partial charge in [-0.1, -0.05) is 48.5 Å². The van der Waals surface area contributed by atoms with Crippen molar-refractivity contribution in [1.29, 1.82) is 0 Å². The molecule has 0 unspecified atom stereocenters. The molecule has 2 aliphatic rings. The zero-order valence-corrected chi connectivity index (χ0v) is 20.7. The van der Waals surface area contributed by atoms with Gasteiger partial charge in [-0.2, -0.15) is 5.10 Å². The average Bonchev–Trinajstić information content (AvgIpc) is 3.66. The molecule has 0 fully saturated rings. The van der Waals surface area contributed by atoms with E-state index in [2.05, 4.69) is 28.1 Å². The molecule has 188 valence electrons. The number of hydrogen-bond acceptors (Lipinski definition) is 4. The number of nitrogens with zero attached hydrogens (tertiary/aromatic N) is 4. The van der Waals surface area contributed by atoms with Gasteiger partial charge in [0.05, 0.1) is 29.7 Å². The van der Waals surface area contributed by atoms with Crippen molar-refractivity contribution in [1.82, 2.24) is 19.2 Å². The highest BCUT2D eigenvalue weighted by Crippen LogP contribution is 2.39. The molecule has 0 saturated carbocycles. The zero-order valence-electron chi connectivity index (χ0n) is 20.7. The van der Waals surface area contributed by atoms with Gasteiger partial charge in [-0.15, -0.1) is 0 Å². The fraction of sp³-hybridized carbons (Fsp3) is 0.133. The summed E-state index contributed by atoms with van der Waals surface area (Å²) in [5, 5.41) is 8.00. The Morgan fingerprint density at radius 3 is 2.50 bits per heavy atom. The highest BCUT2D eigenvalue weighted by atomic mass is 16.7. The van der Waals surface area contributed by atoms with E-state index in [0.717, 1.165) is 34.0 Å². The molecule has 3 aromatic carbocycles. The predicted octanol–water partition coefficient (Wildman–Crippen LogP) is 5.84. The Morgan fingerprint density at radius 1 is 0.921 bits per heavy atom. The quantitative estimate of drug-likeness (QED) is 0.336. The summed E-state index contributed by atoms with van der Waals surface area (Å²) in [5.41, 5.74) is 5.47. The third-order valence-corrected chi connectivity index (χ3v) is 7.09. The molecule has 0 radical (unpaired) electrons. The molecule has 38 heavy (non-hydrogen) atoms. The van der Waals surface area contributed by atoms with E-state index < -0.39 is 0 Å². The van der Waals surface area contributed by atoms with Gasteiger partial charge in [-0.05, 0) is 48.9 Å². The van der Waals surface area contributed by atoms with Crippen LogP contribution in [0.1, 0.15) is 28.6 Å². The Balaban J connectivity index is 1.37. The monoisotopic (exact) mass is 503 g/mol. The first kappa shape index (κ1) is 22.2. The van der Waals surface area contributed by atoms with E-state index in [1.807, 2.05) is 89.4 Å². The minimum absolute atomic E-state index is 0.180. The van der Waals surface area contributed by atoms with Gasteiger partial charge in [0.1, 0.15) is 5.82 Å². The number of aryl methyl sites for hydroxylation is 1. The minimum atomic E-state index is -0.323. The van der Waals surface area contributed by atoms with Crippen LogP contribution < -0.4 is 14.8 Å². The number of ether oxygens (including phenoxy) is 2. The van der Waals surface area contributed by atoms with Crippen LogP contribution in [0.3, 0.4) is 0 Å². The average molecular weight is 504 g/mol. The highest BCUT2D eigenvalue weighted by Gasteiger charge is 2.36. The third kappa shape index (κ3) is 3.61. The van der Waals surface area contributed by atoms with Crippen molar-refractivity contribution in [2.75, 3.05) is 12.1 Å². The first-order valence-electron chi connectivity index (χ1n) is 12.5. The van der Waals surface area contributed by atoms with Crippen molar-refractivity contribution < 1.29 is 14.3 Å². The topological polar surface area (TPSA) is 73.6 Å². The van der Waals surface area contributed by atoms with Crippen molar-refractivity contribution in [3.05, 3.63) is 120 Å². The lowest BCUT2D eigenvalue weighted by Crippen LogP contribution is -2.38. The lowest BCUT2D eigenvalue weighted by molar-refractivity contribution is 0.174. The second kappa shape index (κ2) is 8.85. The van der Waals surface area contributed by atoms with Crippen LogP contribution in [-0.4, -0.2) is 32.1 Å². The summed E-state index contributed by atoms with van der Waals surface area (Å²) in [5.74, 6) is 2.23. The number of rotatable bonds is 3. The molecule has 8 nitrogen and oxygen atoms in total. The van der Waals surface area contributed by atoms with Crippen LogP contribution in [0.15, 0.2) is 97.2 Å². The van der Waals surface area contributed by atoms with E-state index in [1.165, 1.54) is 0 Å². The summed E-state index contributed by atoms with van der Waals surface area (Å²) in [4.78, 5) is 15.9. The Kier molecular flexibility index (Phi) is 5.18. The van der Waals surface area contributed by atoms with Gasteiger partial charge in [0.25, 0.3) is 0 Å². The molecule has 7 rings (SSSR count). The number of benzene rings is 3. The number of carbonyl (C=O) groups is 1. The van der Waals surface area contributed by atoms with Crippen molar-refractivity contribution in [2.45, 2.75) is 19.5 Å². The standard InChI is InChI=1S/C30H25N5O3/c1-20-24-18-34(30(36)31-22-14-15-26-27(17-22)38-19-37-26)28(21-9-4-2-5-10-21)25-13-8-16-33(25)29(24)35(32-20)23-11-6-3-7-12-23/h2-17,28H,18-19H2,1H3,(H,31,36)/t28-/m0/s1. The number of hydrogen-bond donors (Lipinski definition) is 1. The van der Waals surface area contributed by atoms with Crippen LogP contribution in [0.2, 0.25) is 0 Å². The van der Waals surface area contributed by atoms with E-state index in [0.29, 0.717) is 23.7 Å². The van der Waals surface area contributed by atoms with Crippen LogP contribution in [0.4, 0.5) is 10.5 Å². The molecule has 2 aliphatic heterocycles. The number of para-hydroxylation sites is 1. The fourth-order valence-electron chi connectivity index (χ4n) is 5.30. The molecule has 5 aromatic rings. The maximum Gasteiger partial charge on any atom is 0.322 e. The molecular weight excluding hydrogens is 478 g/mol. The maximum atomic E-state index is 14.0. The van der Waals surface area contributed by atoms with Crippen LogP contribution in [0.5, 0.6) is 11.5 Å². The summed E-state index contributed by atoms with van der Waals surface area (Å²) >= 11 is 0. The van der Waals surface area contributed by atoms with Crippen LogP contribution in [0.25, 0.3) is 11.5 Å². The molecule has 0 saturated heterocycles. The molecular formula is C30H25N5O3. The molecule has 0 spiro atoms. The number of fused-ring (bicyclic) bond motifs is 4. The van der Waals surface area contributed by atoms with Crippen molar-refractivity contribution in [3.63, 3.8) is 0 Å². The van der Waals surface area contributed by atoms with Gasteiger partial charge < -0.3 is 24.3 Å². The number of anilines is 1. The Hall–Kier alpha value is -4.98. The molecule has 0 aliphatic carbocycles. The van der Waals surface area contributed by atoms with E-state index in [9.17, 15) is 4.79 Å². The Bertz CT molecular complexity index is 1640. The number of urea groups is 1. The maximum absolute atomic E-state index is 14.0. The van der Waals surface area contributed by atoms with Gasteiger partial charge in [0, 0.05) is 23.5 Å². The SMILES string of the molecule is Cc1nn(-c2ccccc2)c2c1CN(C(=O)Nc1ccc3c(c1)OCO3)[C@@H](c1ccccc1)c1cccn1-2. The Morgan fingerprint density at radius 2 is 1.68 bits per heavy atom. The smallest absolute Gasteiger partial charge is 0.322 e. The van der Waals surface area contributed by atoms with Crippen LogP contribution in [-0.2, 0) is 6.54 Å². The molecule has 2 amide bonds. The van der Waals surface area contributed by atoms with Gasteiger partial charge in [-0.25, -0.2) is 9.48 Å². The summed E-state index contributed by atoms with van der Waals surface area (Å²) < 4.78 is 15.1. The van der Waals surface area contributed by atoms with Gasteiger partial charge in [-0.3, -0.25) is 0 Å². The van der Waals surface area contributed by atoms with Crippen LogP contribution in [0, 0.1) is 6.92 Å². The summed E-state index contributed by atoms with van der Waals surface area (Å²) in [6.07, 6.45) is 2.05. The number of aromatic nitrogens is 3. The van der Waals surface area contributed by atoms with Gasteiger partial charge >= 0.3 is 6.03 Å². The summed E-state index contributed by atoms with van der Waals surface area (Å²) in [6.45, 7) is 2.56. The largest absolute Gasteiger partial charge is 0.454 e. The fourth-order valence-corrected chi connectivity index (χ4v) is 5.30. The van der Waals surface area contributed by atoms with E-state index >= 15 is 0 Å². The molecule has 2 aromatic heterocycles. The molecule has 0 bridgehead atoms. The first-order valence-corrected chi connectivity index (χ1v) is 12.5. The molecule has 1 N–H and O–H groups in total. The summed E-state index contributed by atoms with van der Waals surface area (Å²) in [7, 11) is 0. The van der Waals surface area contributed by atoms with E-state index in [-0.39, 0.29) is 18.9 Å². The first-order chi connectivity index (χ1) is 18.7. The lowest BCUT2D eigenvalue weighted by atomic mass is 10.0. The van der Waals surface area contributed by atoms with Crippen LogP contribution >= 0.6 is 0 Å². The van der Waals surface area contributed by atoms with Crippen molar-refractivity contribution in [2.24, 2.45) is 0 Å². The van der Waals surface area contributed by atoms with Crippen molar-refractivity contribution in [3.8, 4) is 23.0 Å².